The summed E-state index contributed by atoms with van der Waals surface area (Å²) in [6.45, 7) is 4.63. The standard InChI is InChI=1S/C12H17NO4S/c1-9-4-6-10(7-5-9)18(16,17)13-8-12(2,3)11(14)15/h4-7,13H,8H2,1-3H3,(H,14,15). The second kappa shape index (κ2) is 5.07. The minimum absolute atomic E-state index is 0.134. The first-order chi connectivity index (χ1) is 8.15. The van der Waals surface area contributed by atoms with E-state index in [-0.39, 0.29) is 11.4 Å². The Morgan fingerprint density at radius 3 is 2.22 bits per heavy atom. The van der Waals surface area contributed by atoms with Crippen molar-refractivity contribution in [3.05, 3.63) is 29.8 Å². The highest BCUT2D eigenvalue weighted by molar-refractivity contribution is 7.89. The monoisotopic (exact) mass is 271 g/mol. The molecule has 0 fully saturated rings. The first kappa shape index (κ1) is 14.7. The maximum absolute atomic E-state index is 11.9. The number of hydrogen-bond donors (Lipinski definition) is 2. The van der Waals surface area contributed by atoms with Gasteiger partial charge in [-0.3, -0.25) is 4.79 Å². The Kier molecular flexibility index (Phi) is 4.13. The number of aryl methyl sites for hydroxylation is 1. The average molecular weight is 271 g/mol. The summed E-state index contributed by atoms with van der Waals surface area (Å²) in [5.74, 6) is -1.05. The number of sulfonamides is 1. The van der Waals surface area contributed by atoms with E-state index in [1.165, 1.54) is 26.0 Å². The Labute approximate surface area is 107 Å². The molecule has 100 valence electrons. The number of aliphatic carboxylic acids is 1. The van der Waals surface area contributed by atoms with Crippen LogP contribution in [0.4, 0.5) is 0 Å². The summed E-state index contributed by atoms with van der Waals surface area (Å²) in [7, 11) is -3.66. The molecule has 1 aromatic rings. The van der Waals surface area contributed by atoms with E-state index in [1.54, 1.807) is 12.1 Å². The van der Waals surface area contributed by atoms with Crippen LogP contribution in [0.15, 0.2) is 29.2 Å². The summed E-state index contributed by atoms with van der Waals surface area (Å²) in [5.41, 5.74) is -0.183. The van der Waals surface area contributed by atoms with E-state index < -0.39 is 21.4 Å². The van der Waals surface area contributed by atoms with Crippen molar-refractivity contribution in [1.29, 1.82) is 0 Å². The molecule has 0 aliphatic heterocycles. The van der Waals surface area contributed by atoms with Crippen LogP contribution in [0.2, 0.25) is 0 Å². The third-order valence-electron chi connectivity index (χ3n) is 2.61. The van der Waals surface area contributed by atoms with Gasteiger partial charge in [-0.2, -0.15) is 0 Å². The van der Waals surface area contributed by atoms with Crippen LogP contribution < -0.4 is 4.72 Å². The van der Waals surface area contributed by atoms with Gasteiger partial charge in [0.2, 0.25) is 10.0 Å². The van der Waals surface area contributed by atoms with Crippen LogP contribution in [0.5, 0.6) is 0 Å². The first-order valence-corrected chi connectivity index (χ1v) is 6.93. The maximum atomic E-state index is 11.9. The number of carbonyl (C=O) groups is 1. The molecule has 0 spiro atoms. The average Bonchev–Trinajstić information content (AvgIpc) is 2.27. The Balaban J connectivity index is 2.84. The largest absolute Gasteiger partial charge is 0.481 e. The fraction of sp³-hybridized carbons (Fsp3) is 0.417. The van der Waals surface area contributed by atoms with Crippen molar-refractivity contribution >= 4 is 16.0 Å². The van der Waals surface area contributed by atoms with Crippen molar-refractivity contribution in [2.45, 2.75) is 25.7 Å². The number of hydrogen-bond acceptors (Lipinski definition) is 3. The molecule has 1 aromatic carbocycles. The van der Waals surface area contributed by atoms with Crippen LogP contribution in [-0.2, 0) is 14.8 Å². The van der Waals surface area contributed by atoms with E-state index >= 15 is 0 Å². The summed E-state index contributed by atoms with van der Waals surface area (Å²) in [6, 6.07) is 6.37. The van der Waals surface area contributed by atoms with Gasteiger partial charge in [0.25, 0.3) is 0 Å². The molecule has 18 heavy (non-hydrogen) atoms. The zero-order chi connectivity index (χ0) is 14.0. The van der Waals surface area contributed by atoms with Crippen molar-refractivity contribution in [3.63, 3.8) is 0 Å². The van der Waals surface area contributed by atoms with Crippen molar-refractivity contribution in [2.24, 2.45) is 5.41 Å². The number of nitrogens with one attached hydrogen (secondary N) is 1. The van der Waals surface area contributed by atoms with Crippen LogP contribution in [-0.4, -0.2) is 26.0 Å². The van der Waals surface area contributed by atoms with E-state index in [0.717, 1.165) is 5.56 Å². The van der Waals surface area contributed by atoms with Crippen LogP contribution in [0.25, 0.3) is 0 Å². The molecule has 0 bridgehead atoms. The van der Waals surface area contributed by atoms with Crippen LogP contribution in [0.1, 0.15) is 19.4 Å². The molecule has 0 amide bonds. The summed E-state index contributed by atoms with van der Waals surface area (Å²) < 4.78 is 26.1. The number of benzene rings is 1. The van der Waals surface area contributed by atoms with Crippen LogP contribution >= 0.6 is 0 Å². The molecular formula is C12H17NO4S. The normalized spacial score (nSPS) is 12.4. The molecule has 6 heteroatoms. The van der Waals surface area contributed by atoms with Crippen LogP contribution in [0, 0.1) is 12.3 Å². The molecule has 0 aliphatic carbocycles. The van der Waals surface area contributed by atoms with E-state index in [2.05, 4.69) is 4.72 Å². The van der Waals surface area contributed by atoms with Crippen LogP contribution in [0.3, 0.4) is 0 Å². The maximum Gasteiger partial charge on any atom is 0.310 e. The molecule has 0 atom stereocenters. The molecular weight excluding hydrogens is 254 g/mol. The smallest absolute Gasteiger partial charge is 0.310 e. The third kappa shape index (κ3) is 3.54. The topological polar surface area (TPSA) is 83.5 Å². The number of rotatable bonds is 5. The summed E-state index contributed by atoms with van der Waals surface area (Å²) >= 11 is 0. The Morgan fingerprint density at radius 2 is 1.78 bits per heavy atom. The molecule has 0 saturated carbocycles. The quantitative estimate of drug-likeness (QED) is 0.847. The number of carboxylic acids is 1. The molecule has 0 unspecified atom stereocenters. The zero-order valence-electron chi connectivity index (χ0n) is 10.6. The van der Waals surface area contributed by atoms with Gasteiger partial charge >= 0.3 is 5.97 Å². The Hall–Kier alpha value is -1.40. The van der Waals surface area contributed by atoms with Gasteiger partial charge in [0.1, 0.15) is 0 Å². The van der Waals surface area contributed by atoms with Gasteiger partial charge in [0.15, 0.2) is 0 Å². The van der Waals surface area contributed by atoms with E-state index in [9.17, 15) is 13.2 Å². The fourth-order valence-electron chi connectivity index (χ4n) is 1.15. The van der Waals surface area contributed by atoms with Crippen molar-refractivity contribution < 1.29 is 18.3 Å². The summed E-state index contributed by atoms with van der Waals surface area (Å²) in [6.07, 6.45) is 0. The minimum atomic E-state index is -3.66. The lowest BCUT2D eigenvalue weighted by Gasteiger charge is -2.19. The lowest BCUT2D eigenvalue weighted by Crippen LogP contribution is -2.38. The highest BCUT2D eigenvalue weighted by atomic mass is 32.2. The van der Waals surface area contributed by atoms with Gasteiger partial charge in [0.05, 0.1) is 10.3 Å². The Bertz CT molecular complexity index is 532. The Morgan fingerprint density at radius 1 is 1.28 bits per heavy atom. The molecule has 5 nitrogen and oxygen atoms in total. The second-order valence-electron chi connectivity index (χ2n) is 4.83. The molecule has 2 N–H and O–H groups in total. The lowest BCUT2D eigenvalue weighted by molar-refractivity contribution is -0.146. The van der Waals surface area contributed by atoms with Crippen molar-refractivity contribution in [1.82, 2.24) is 4.72 Å². The van der Waals surface area contributed by atoms with Crippen molar-refractivity contribution in [2.75, 3.05) is 6.54 Å². The van der Waals surface area contributed by atoms with Gasteiger partial charge in [-0.05, 0) is 32.9 Å². The molecule has 0 heterocycles. The summed E-state index contributed by atoms with van der Waals surface area (Å²) in [5, 5.41) is 8.91. The second-order valence-corrected chi connectivity index (χ2v) is 6.59. The molecule has 0 aliphatic rings. The highest BCUT2D eigenvalue weighted by Gasteiger charge is 2.29. The highest BCUT2D eigenvalue weighted by Crippen LogP contribution is 2.16. The fourth-order valence-corrected chi connectivity index (χ4v) is 2.36. The number of carboxylic acid groups (broad SMARTS) is 1. The van der Waals surface area contributed by atoms with Gasteiger partial charge in [-0.1, -0.05) is 17.7 Å². The van der Waals surface area contributed by atoms with Gasteiger partial charge in [-0.15, -0.1) is 0 Å². The SMILES string of the molecule is Cc1ccc(S(=O)(=O)NCC(C)(C)C(=O)O)cc1. The lowest BCUT2D eigenvalue weighted by atomic mass is 9.95. The van der Waals surface area contributed by atoms with Gasteiger partial charge < -0.3 is 5.11 Å². The molecule has 0 aromatic heterocycles. The van der Waals surface area contributed by atoms with Gasteiger partial charge in [-0.25, -0.2) is 13.1 Å². The predicted molar refractivity (Wildman–Crippen MR) is 67.8 cm³/mol. The first-order valence-electron chi connectivity index (χ1n) is 5.45. The molecule has 0 radical (unpaired) electrons. The predicted octanol–water partition coefficient (Wildman–Crippen LogP) is 1.38. The van der Waals surface area contributed by atoms with E-state index in [4.69, 9.17) is 5.11 Å². The van der Waals surface area contributed by atoms with Gasteiger partial charge in [0, 0.05) is 6.54 Å². The van der Waals surface area contributed by atoms with Crippen molar-refractivity contribution in [3.8, 4) is 0 Å². The van der Waals surface area contributed by atoms with E-state index in [0.29, 0.717) is 0 Å². The minimum Gasteiger partial charge on any atom is -0.481 e. The molecule has 1 rings (SSSR count). The zero-order valence-corrected chi connectivity index (χ0v) is 11.4. The van der Waals surface area contributed by atoms with E-state index in [1.807, 2.05) is 6.92 Å². The molecule has 0 saturated heterocycles. The summed E-state index contributed by atoms with van der Waals surface area (Å²) in [4.78, 5) is 11.0. The third-order valence-corrected chi connectivity index (χ3v) is 4.03.